The van der Waals surface area contributed by atoms with E-state index in [1.165, 1.54) is 16.7 Å². The minimum atomic E-state index is 0. The summed E-state index contributed by atoms with van der Waals surface area (Å²) < 4.78 is 0. The van der Waals surface area contributed by atoms with Crippen LogP contribution in [0.2, 0.25) is 0 Å². The van der Waals surface area contributed by atoms with Crippen molar-refractivity contribution in [3.05, 3.63) is 34.9 Å². The number of hydrogen-bond acceptors (Lipinski definition) is 0. The van der Waals surface area contributed by atoms with Gasteiger partial charge in [0.1, 0.15) is 0 Å². The van der Waals surface area contributed by atoms with Crippen molar-refractivity contribution in [3.63, 3.8) is 0 Å². The molecule has 74 valence electrons. The zero-order valence-electron chi connectivity index (χ0n) is 8.73. The van der Waals surface area contributed by atoms with Crippen LogP contribution in [0.15, 0.2) is 18.2 Å². The summed E-state index contributed by atoms with van der Waals surface area (Å²) in [6.45, 7) is 11.1. The van der Waals surface area contributed by atoms with Gasteiger partial charge in [-0.2, -0.15) is 0 Å². The maximum atomic E-state index is 2.29. The van der Waals surface area contributed by atoms with E-state index in [2.05, 4.69) is 52.8 Å². The van der Waals surface area contributed by atoms with Gasteiger partial charge in [0.05, 0.1) is 0 Å². The van der Waals surface area contributed by atoms with Gasteiger partial charge in [-0.3, -0.25) is 0 Å². The SMILES string of the molecule is C.Cc1ccc(C(C)(C)C)cc1C. The van der Waals surface area contributed by atoms with E-state index in [1.54, 1.807) is 0 Å². The van der Waals surface area contributed by atoms with Crippen LogP contribution in [0.3, 0.4) is 0 Å². The molecule has 1 rings (SSSR count). The van der Waals surface area contributed by atoms with E-state index in [0.717, 1.165) is 0 Å². The third-order valence-electron chi connectivity index (χ3n) is 2.37. The Hall–Kier alpha value is -0.780. The van der Waals surface area contributed by atoms with Crippen LogP contribution in [0.25, 0.3) is 0 Å². The molecule has 0 aliphatic carbocycles. The van der Waals surface area contributed by atoms with Crippen LogP contribution in [0, 0.1) is 13.8 Å². The molecule has 13 heavy (non-hydrogen) atoms. The molecule has 0 aliphatic heterocycles. The first-order valence-electron chi connectivity index (χ1n) is 4.49. The van der Waals surface area contributed by atoms with E-state index in [-0.39, 0.29) is 12.8 Å². The predicted octanol–water partition coefficient (Wildman–Crippen LogP) is 4.24. The van der Waals surface area contributed by atoms with Gasteiger partial charge in [0.25, 0.3) is 0 Å². The molecule has 0 heterocycles. The quantitative estimate of drug-likeness (QED) is 0.557. The van der Waals surface area contributed by atoms with Crippen molar-refractivity contribution in [3.8, 4) is 0 Å². The lowest BCUT2D eigenvalue weighted by Gasteiger charge is -2.19. The average Bonchev–Trinajstić information content (AvgIpc) is 1.92. The molecule has 0 aliphatic rings. The average molecular weight is 178 g/mol. The number of hydrogen-bond donors (Lipinski definition) is 0. The maximum absolute atomic E-state index is 2.29. The normalized spacial score (nSPS) is 10.8. The third kappa shape index (κ3) is 2.87. The summed E-state index contributed by atoms with van der Waals surface area (Å²) in [6, 6.07) is 6.72. The Morgan fingerprint density at radius 2 is 1.46 bits per heavy atom. The largest absolute Gasteiger partial charge is 0.0776 e. The Labute approximate surface area is 83.0 Å². The van der Waals surface area contributed by atoms with Crippen molar-refractivity contribution < 1.29 is 0 Å². The number of benzene rings is 1. The zero-order valence-corrected chi connectivity index (χ0v) is 8.73. The van der Waals surface area contributed by atoms with Gasteiger partial charge in [-0.05, 0) is 36.0 Å². The number of rotatable bonds is 0. The van der Waals surface area contributed by atoms with Crippen LogP contribution in [0.1, 0.15) is 44.9 Å². The smallest absolute Gasteiger partial charge is 0.0132 e. The molecule has 0 heteroatoms. The molecule has 0 N–H and O–H groups in total. The van der Waals surface area contributed by atoms with E-state index in [1.807, 2.05) is 0 Å². The Morgan fingerprint density at radius 1 is 0.923 bits per heavy atom. The molecule has 0 aromatic heterocycles. The summed E-state index contributed by atoms with van der Waals surface area (Å²) in [5, 5.41) is 0. The first-order chi connectivity index (χ1) is 5.41. The van der Waals surface area contributed by atoms with Crippen LogP contribution in [-0.4, -0.2) is 0 Å². The van der Waals surface area contributed by atoms with Gasteiger partial charge in [0.15, 0.2) is 0 Å². The standard InChI is InChI=1S/C12H18.CH4/c1-9-6-7-11(8-10(9)2)12(3,4)5;/h6-8H,1-5H3;1H4. The second-order valence-corrected chi connectivity index (χ2v) is 4.55. The summed E-state index contributed by atoms with van der Waals surface area (Å²) in [6.07, 6.45) is 0. The van der Waals surface area contributed by atoms with Crippen LogP contribution >= 0.6 is 0 Å². The highest BCUT2D eigenvalue weighted by Crippen LogP contribution is 2.23. The second kappa shape index (κ2) is 3.95. The van der Waals surface area contributed by atoms with E-state index in [4.69, 9.17) is 0 Å². The predicted molar refractivity (Wildman–Crippen MR) is 61.3 cm³/mol. The van der Waals surface area contributed by atoms with Crippen LogP contribution in [0.4, 0.5) is 0 Å². The Balaban J connectivity index is 0.00000144. The van der Waals surface area contributed by atoms with Gasteiger partial charge in [-0.25, -0.2) is 0 Å². The molecule has 0 radical (unpaired) electrons. The Kier molecular flexibility index (Phi) is 3.71. The molecule has 0 saturated heterocycles. The summed E-state index contributed by atoms with van der Waals surface area (Å²) in [5.41, 5.74) is 4.47. The first kappa shape index (κ1) is 12.2. The zero-order chi connectivity index (χ0) is 9.35. The molecule has 1 aromatic carbocycles. The Morgan fingerprint density at radius 3 is 1.85 bits per heavy atom. The fourth-order valence-corrected chi connectivity index (χ4v) is 1.21. The van der Waals surface area contributed by atoms with Crippen LogP contribution in [0.5, 0.6) is 0 Å². The highest BCUT2D eigenvalue weighted by molar-refractivity contribution is 5.33. The van der Waals surface area contributed by atoms with Crippen LogP contribution < -0.4 is 0 Å². The fourth-order valence-electron chi connectivity index (χ4n) is 1.21. The highest BCUT2D eigenvalue weighted by atomic mass is 14.2. The molecule has 0 amide bonds. The van der Waals surface area contributed by atoms with Crippen molar-refractivity contribution in [2.24, 2.45) is 0 Å². The molecule has 0 bridgehead atoms. The summed E-state index contributed by atoms with van der Waals surface area (Å²) in [4.78, 5) is 0. The Bertz CT molecular complexity index is 277. The highest BCUT2D eigenvalue weighted by Gasteiger charge is 2.13. The minimum absolute atomic E-state index is 0. The third-order valence-corrected chi connectivity index (χ3v) is 2.37. The van der Waals surface area contributed by atoms with Gasteiger partial charge in [-0.15, -0.1) is 0 Å². The summed E-state index contributed by atoms with van der Waals surface area (Å²) >= 11 is 0. The lowest BCUT2D eigenvalue weighted by molar-refractivity contribution is 0.589. The van der Waals surface area contributed by atoms with Gasteiger partial charge < -0.3 is 0 Å². The van der Waals surface area contributed by atoms with Crippen LogP contribution in [-0.2, 0) is 5.41 Å². The van der Waals surface area contributed by atoms with E-state index in [0.29, 0.717) is 0 Å². The van der Waals surface area contributed by atoms with Gasteiger partial charge in [0, 0.05) is 0 Å². The van der Waals surface area contributed by atoms with Crippen molar-refractivity contribution >= 4 is 0 Å². The van der Waals surface area contributed by atoms with E-state index >= 15 is 0 Å². The molecule has 0 spiro atoms. The fraction of sp³-hybridized carbons (Fsp3) is 0.538. The summed E-state index contributed by atoms with van der Waals surface area (Å²) in [5.74, 6) is 0. The minimum Gasteiger partial charge on any atom is -0.0776 e. The van der Waals surface area contributed by atoms with Gasteiger partial charge in [-0.1, -0.05) is 46.4 Å². The van der Waals surface area contributed by atoms with Crippen molar-refractivity contribution in [2.45, 2.75) is 47.5 Å². The van der Waals surface area contributed by atoms with Crippen molar-refractivity contribution in [1.82, 2.24) is 0 Å². The lowest BCUT2D eigenvalue weighted by atomic mass is 9.85. The summed E-state index contributed by atoms with van der Waals surface area (Å²) in [7, 11) is 0. The number of aryl methyl sites for hydroxylation is 2. The molecule has 0 atom stereocenters. The van der Waals surface area contributed by atoms with E-state index < -0.39 is 0 Å². The second-order valence-electron chi connectivity index (χ2n) is 4.55. The molecule has 0 fully saturated rings. The van der Waals surface area contributed by atoms with Crippen molar-refractivity contribution in [1.29, 1.82) is 0 Å². The molecule has 1 aromatic rings. The molecular formula is C13H22. The van der Waals surface area contributed by atoms with Crippen molar-refractivity contribution in [2.75, 3.05) is 0 Å². The molecule has 0 saturated carbocycles. The van der Waals surface area contributed by atoms with Gasteiger partial charge in [0.2, 0.25) is 0 Å². The molecule has 0 unspecified atom stereocenters. The molecular weight excluding hydrogens is 156 g/mol. The molecule has 0 nitrogen and oxygen atoms in total. The van der Waals surface area contributed by atoms with E-state index in [9.17, 15) is 0 Å². The van der Waals surface area contributed by atoms with Gasteiger partial charge >= 0.3 is 0 Å². The lowest BCUT2D eigenvalue weighted by Crippen LogP contribution is -2.11. The monoisotopic (exact) mass is 178 g/mol. The topological polar surface area (TPSA) is 0 Å². The first-order valence-corrected chi connectivity index (χ1v) is 4.49. The maximum Gasteiger partial charge on any atom is -0.0132 e.